The standard InChI is InChI=1S/C47H52N8O7/c1-25(2)37(52-46(58)60-4)44(56)55-20-16-26(3)41(55)43-49-35-15-11-31-24-29(9-13-33(31)40(35)51-43)28-8-12-32-30(23-28)10-14-34-39(32)50-42(48-34)36-7-6-19-54(36)45(57)38(53-47(59)61-5)27-17-21-62-22-18-27/h8-15,23-25,27,36-38,41H,3,6-7,16-22H2,1-2,4-5H3,(H,48,50)(H,49,51)(H,52,58)(H,53,59)/t36-,37-,38?,41-/m0/s1. The van der Waals surface area contributed by atoms with E-state index >= 15 is 0 Å². The van der Waals surface area contributed by atoms with E-state index in [0.29, 0.717) is 51.4 Å². The van der Waals surface area contributed by atoms with Gasteiger partial charge in [0, 0.05) is 37.1 Å². The third kappa shape index (κ3) is 7.48. The average Bonchev–Trinajstić information content (AvgIpc) is 4.12. The number of carbonyl (C=O) groups excluding carboxylic acids is 4. The number of nitrogens with one attached hydrogen (secondary N) is 4. The summed E-state index contributed by atoms with van der Waals surface area (Å²) in [5.74, 6) is 0.860. The molecule has 1 unspecified atom stereocenters. The Morgan fingerprint density at radius 2 is 1.35 bits per heavy atom. The van der Waals surface area contributed by atoms with Crippen LogP contribution in [0.25, 0.3) is 54.7 Å². The summed E-state index contributed by atoms with van der Waals surface area (Å²) in [5, 5.41) is 9.59. The lowest BCUT2D eigenvalue weighted by Gasteiger charge is -2.34. The molecule has 0 aliphatic carbocycles. The molecule has 5 heterocycles. The molecule has 15 heteroatoms. The van der Waals surface area contributed by atoms with Gasteiger partial charge in [0.15, 0.2) is 0 Å². The van der Waals surface area contributed by atoms with Crippen LogP contribution in [0.3, 0.4) is 0 Å². The van der Waals surface area contributed by atoms with Gasteiger partial charge in [0.2, 0.25) is 11.8 Å². The Hall–Kier alpha value is -6.48. The Labute approximate surface area is 358 Å². The molecule has 3 saturated heterocycles. The van der Waals surface area contributed by atoms with Crippen LogP contribution in [-0.4, -0.2) is 106 Å². The molecule has 15 nitrogen and oxygen atoms in total. The van der Waals surface area contributed by atoms with E-state index in [1.807, 2.05) is 30.9 Å². The van der Waals surface area contributed by atoms with Gasteiger partial charge in [-0.05, 0) is 95.7 Å². The Kier molecular flexibility index (Phi) is 11.1. The number of hydrogen-bond donors (Lipinski definition) is 4. The molecular formula is C47H52N8O7. The molecule has 4 aromatic carbocycles. The summed E-state index contributed by atoms with van der Waals surface area (Å²) in [4.78, 5) is 73.2. The SMILES string of the molecule is C=C1CCN(C(=O)[C@@H](NC(=O)OC)C(C)C)[C@@H]1c1nc2c(ccc3cc(-c4ccc5c(ccc6[nH]c([C@@H]7CCCN7C(=O)C(NC(=O)OC)C7CCOCC7)nc65)c4)ccc32)[nH]1. The van der Waals surface area contributed by atoms with Crippen LogP contribution in [0.4, 0.5) is 9.59 Å². The third-order valence-corrected chi connectivity index (χ3v) is 12.9. The molecule has 4 amide bonds. The molecule has 0 radical (unpaired) electrons. The second-order valence-electron chi connectivity index (χ2n) is 17.0. The molecule has 3 fully saturated rings. The first-order chi connectivity index (χ1) is 30.0. The fraction of sp³-hybridized carbons (Fsp3) is 0.404. The number of H-pyrrole nitrogens is 2. The number of methoxy groups -OCH3 is 2. The van der Waals surface area contributed by atoms with Crippen molar-refractivity contribution < 1.29 is 33.4 Å². The van der Waals surface area contributed by atoms with Gasteiger partial charge < -0.3 is 44.6 Å². The predicted octanol–water partition coefficient (Wildman–Crippen LogP) is 7.44. The number of imidazole rings is 2. The number of benzene rings is 4. The molecule has 322 valence electrons. The van der Waals surface area contributed by atoms with Crippen molar-refractivity contribution >= 4 is 67.6 Å². The third-order valence-electron chi connectivity index (χ3n) is 12.9. The van der Waals surface area contributed by atoms with Crippen LogP contribution in [0.15, 0.2) is 72.8 Å². The lowest BCUT2D eigenvalue weighted by Crippen LogP contribution is -2.53. The molecule has 9 rings (SSSR count). The van der Waals surface area contributed by atoms with Gasteiger partial charge in [0.05, 0.1) is 42.3 Å². The number of amides is 4. The normalized spacial score (nSPS) is 19.5. The summed E-state index contributed by atoms with van der Waals surface area (Å²) >= 11 is 0. The van der Waals surface area contributed by atoms with Crippen LogP contribution in [-0.2, 0) is 23.8 Å². The first-order valence-electron chi connectivity index (χ1n) is 21.4. The van der Waals surface area contributed by atoms with E-state index in [1.165, 1.54) is 14.2 Å². The van der Waals surface area contributed by atoms with Crippen LogP contribution in [0.1, 0.15) is 69.7 Å². The Bertz CT molecular complexity index is 2730. The average molecular weight is 841 g/mol. The van der Waals surface area contributed by atoms with Crippen LogP contribution >= 0.6 is 0 Å². The van der Waals surface area contributed by atoms with Crippen molar-refractivity contribution in [2.45, 2.75) is 70.1 Å². The molecule has 0 bridgehead atoms. The Balaban J connectivity index is 0.973. The largest absolute Gasteiger partial charge is 0.453 e. The maximum Gasteiger partial charge on any atom is 0.407 e. The topological polar surface area (TPSA) is 184 Å². The van der Waals surface area contributed by atoms with Crippen LogP contribution < -0.4 is 10.6 Å². The summed E-state index contributed by atoms with van der Waals surface area (Å²) in [7, 11) is 2.59. The number of nitrogens with zero attached hydrogens (tertiary/aromatic N) is 4. The minimum absolute atomic E-state index is 0.0393. The van der Waals surface area contributed by atoms with Gasteiger partial charge in [-0.3, -0.25) is 9.59 Å². The predicted molar refractivity (Wildman–Crippen MR) is 235 cm³/mol. The molecule has 4 atom stereocenters. The lowest BCUT2D eigenvalue weighted by atomic mass is 9.90. The second kappa shape index (κ2) is 16.8. The zero-order valence-electron chi connectivity index (χ0n) is 35.5. The van der Waals surface area contributed by atoms with Gasteiger partial charge in [0.25, 0.3) is 0 Å². The van der Waals surface area contributed by atoms with Gasteiger partial charge in [0.1, 0.15) is 29.8 Å². The molecule has 6 aromatic rings. The first kappa shape index (κ1) is 40.9. The summed E-state index contributed by atoms with van der Waals surface area (Å²) in [6.45, 7) is 10.2. The molecule has 2 aromatic heterocycles. The molecule has 0 spiro atoms. The summed E-state index contributed by atoms with van der Waals surface area (Å²) in [6, 6.07) is 18.8. The zero-order valence-corrected chi connectivity index (χ0v) is 35.5. The number of likely N-dealkylation sites (tertiary alicyclic amines) is 2. The number of aromatic nitrogens is 4. The van der Waals surface area contributed by atoms with Gasteiger partial charge in [-0.25, -0.2) is 19.6 Å². The van der Waals surface area contributed by atoms with E-state index in [9.17, 15) is 19.2 Å². The molecule has 3 aliphatic heterocycles. The van der Waals surface area contributed by atoms with Crippen molar-refractivity contribution in [2.24, 2.45) is 11.8 Å². The maximum atomic E-state index is 14.1. The maximum absolute atomic E-state index is 14.1. The highest BCUT2D eigenvalue weighted by Crippen LogP contribution is 2.39. The van der Waals surface area contributed by atoms with Crippen LogP contribution in [0.5, 0.6) is 0 Å². The lowest BCUT2D eigenvalue weighted by molar-refractivity contribution is -0.137. The minimum atomic E-state index is -0.753. The molecule has 4 N–H and O–H groups in total. The van der Waals surface area contributed by atoms with Crippen LogP contribution in [0, 0.1) is 11.8 Å². The number of aromatic amines is 2. The number of carbonyl (C=O) groups is 4. The smallest absolute Gasteiger partial charge is 0.407 e. The van der Waals surface area contributed by atoms with Gasteiger partial charge in [-0.1, -0.05) is 56.8 Å². The van der Waals surface area contributed by atoms with E-state index < -0.39 is 30.3 Å². The number of ether oxygens (including phenoxy) is 3. The quantitative estimate of drug-likeness (QED) is 0.108. The fourth-order valence-corrected chi connectivity index (χ4v) is 9.61. The first-order valence-corrected chi connectivity index (χ1v) is 21.4. The highest BCUT2D eigenvalue weighted by molar-refractivity contribution is 6.07. The van der Waals surface area contributed by atoms with Crippen LogP contribution in [0.2, 0.25) is 0 Å². The van der Waals surface area contributed by atoms with E-state index in [2.05, 4.69) is 75.7 Å². The fourth-order valence-electron chi connectivity index (χ4n) is 9.61. The van der Waals surface area contributed by atoms with Crippen molar-refractivity contribution in [1.82, 2.24) is 40.4 Å². The van der Waals surface area contributed by atoms with Crippen molar-refractivity contribution in [2.75, 3.05) is 40.5 Å². The summed E-state index contributed by atoms with van der Waals surface area (Å²) in [5.41, 5.74) is 6.39. The number of alkyl carbamates (subject to hydrolysis) is 2. The number of hydrogen-bond acceptors (Lipinski definition) is 9. The Morgan fingerprint density at radius 1 is 0.758 bits per heavy atom. The Morgan fingerprint density at radius 3 is 1.97 bits per heavy atom. The van der Waals surface area contributed by atoms with E-state index in [0.717, 1.165) is 79.0 Å². The number of fused-ring (bicyclic) bond motifs is 6. The molecular weight excluding hydrogens is 789 g/mol. The highest BCUT2D eigenvalue weighted by Gasteiger charge is 2.41. The summed E-state index contributed by atoms with van der Waals surface area (Å²) in [6.07, 6.45) is 2.34. The van der Waals surface area contributed by atoms with Gasteiger partial charge in [-0.2, -0.15) is 0 Å². The summed E-state index contributed by atoms with van der Waals surface area (Å²) < 4.78 is 15.2. The van der Waals surface area contributed by atoms with E-state index in [4.69, 9.17) is 24.2 Å². The van der Waals surface area contributed by atoms with Gasteiger partial charge in [-0.15, -0.1) is 0 Å². The molecule has 0 saturated carbocycles. The van der Waals surface area contributed by atoms with E-state index in [-0.39, 0.29) is 29.7 Å². The highest BCUT2D eigenvalue weighted by atomic mass is 16.5. The van der Waals surface area contributed by atoms with Crippen molar-refractivity contribution in [3.05, 3.63) is 84.5 Å². The van der Waals surface area contributed by atoms with E-state index in [1.54, 1.807) is 4.90 Å². The number of rotatable bonds is 9. The van der Waals surface area contributed by atoms with Gasteiger partial charge >= 0.3 is 12.2 Å². The molecule has 3 aliphatic rings. The zero-order chi connectivity index (χ0) is 43.2. The van der Waals surface area contributed by atoms with Crippen molar-refractivity contribution in [3.63, 3.8) is 0 Å². The second-order valence-corrected chi connectivity index (χ2v) is 17.0. The van der Waals surface area contributed by atoms with Crippen molar-refractivity contribution in [3.8, 4) is 11.1 Å². The molecule has 62 heavy (non-hydrogen) atoms. The monoisotopic (exact) mass is 840 g/mol. The minimum Gasteiger partial charge on any atom is -0.453 e. The van der Waals surface area contributed by atoms with Crippen molar-refractivity contribution in [1.29, 1.82) is 0 Å².